The first-order chi connectivity index (χ1) is 9.68. The van der Waals surface area contributed by atoms with Crippen molar-refractivity contribution >= 4 is 5.97 Å². The monoisotopic (exact) mass is 307 g/mol. The summed E-state index contributed by atoms with van der Waals surface area (Å²) >= 11 is 0. The molecule has 0 spiro atoms. The van der Waals surface area contributed by atoms with Gasteiger partial charge in [-0.2, -0.15) is 0 Å². The molecule has 0 saturated heterocycles. The zero-order chi connectivity index (χ0) is 16.9. The third-order valence-electron chi connectivity index (χ3n) is 3.52. The minimum Gasteiger partial charge on any atom is -0.481 e. The highest BCUT2D eigenvalue weighted by atomic mass is 16.4. The fourth-order valence-electron chi connectivity index (χ4n) is 1.53. The molecular weight excluding hydrogens is 274 g/mol. The Morgan fingerprint density at radius 2 is 1.38 bits per heavy atom. The second-order valence-electron chi connectivity index (χ2n) is 6.21. The molecule has 0 heterocycles. The van der Waals surface area contributed by atoms with Gasteiger partial charge in [0.1, 0.15) is 0 Å². The number of rotatable bonds is 9. The van der Waals surface area contributed by atoms with Crippen LogP contribution in [-0.4, -0.2) is 70.8 Å². The van der Waals surface area contributed by atoms with E-state index in [1.165, 1.54) is 0 Å². The van der Waals surface area contributed by atoms with Crippen molar-refractivity contribution in [3.05, 3.63) is 0 Å². The lowest BCUT2D eigenvalue weighted by Gasteiger charge is -2.26. The first-order valence-corrected chi connectivity index (χ1v) is 7.45. The molecule has 1 atom stereocenters. The topological polar surface area (TPSA) is 101 Å². The van der Waals surface area contributed by atoms with Crippen LogP contribution < -0.4 is 0 Å². The summed E-state index contributed by atoms with van der Waals surface area (Å²) in [6, 6.07) is 0. The minimum absolute atomic E-state index is 0.0694. The Bertz CT molecular complexity index is 239. The Labute approximate surface area is 128 Å². The summed E-state index contributed by atoms with van der Waals surface area (Å²) in [5, 5.41) is 33.9. The number of aliphatic carboxylic acids is 1. The van der Waals surface area contributed by atoms with Gasteiger partial charge >= 0.3 is 5.97 Å². The van der Waals surface area contributed by atoms with Gasteiger partial charge < -0.3 is 20.4 Å². The van der Waals surface area contributed by atoms with Gasteiger partial charge in [-0.25, -0.2) is 0 Å². The van der Waals surface area contributed by atoms with Crippen molar-refractivity contribution in [2.24, 2.45) is 11.3 Å². The lowest BCUT2D eigenvalue weighted by Crippen LogP contribution is -2.32. The van der Waals surface area contributed by atoms with Gasteiger partial charge in [0.25, 0.3) is 0 Å². The van der Waals surface area contributed by atoms with E-state index in [0.29, 0.717) is 32.0 Å². The molecule has 0 fully saturated rings. The molecule has 0 aromatic rings. The van der Waals surface area contributed by atoms with Crippen LogP contribution in [0.4, 0.5) is 0 Å². The van der Waals surface area contributed by atoms with Crippen molar-refractivity contribution in [2.75, 3.05) is 39.5 Å². The number of hydrogen-bond acceptors (Lipinski definition) is 5. The zero-order valence-corrected chi connectivity index (χ0v) is 13.9. The first-order valence-electron chi connectivity index (χ1n) is 7.45. The summed E-state index contributed by atoms with van der Waals surface area (Å²) in [7, 11) is 0. The van der Waals surface area contributed by atoms with E-state index in [1.54, 1.807) is 4.90 Å². The van der Waals surface area contributed by atoms with E-state index in [9.17, 15) is 4.79 Å². The fourth-order valence-corrected chi connectivity index (χ4v) is 1.53. The molecule has 1 unspecified atom stereocenters. The molecule has 0 saturated carbocycles. The number of nitrogens with zero attached hydrogens (tertiary/aromatic N) is 1. The molecule has 0 aromatic carbocycles. The summed E-state index contributed by atoms with van der Waals surface area (Å²) in [6.45, 7) is 10.3. The van der Waals surface area contributed by atoms with Crippen LogP contribution >= 0.6 is 0 Å². The summed E-state index contributed by atoms with van der Waals surface area (Å²) in [5.41, 5.74) is 0.232. The number of carboxylic acids is 1. The van der Waals surface area contributed by atoms with E-state index in [-0.39, 0.29) is 25.2 Å². The van der Waals surface area contributed by atoms with Gasteiger partial charge in [0.2, 0.25) is 0 Å². The molecule has 0 radical (unpaired) electrons. The minimum atomic E-state index is -0.693. The van der Waals surface area contributed by atoms with Crippen LogP contribution in [0.15, 0.2) is 0 Å². The van der Waals surface area contributed by atoms with Crippen molar-refractivity contribution in [3.63, 3.8) is 0 Å². The third-order valence-corrected chi connectivity index (χ3v) is 3.52. The summed E-state index contributed by atoms with van der Waals surface area (Å²) in [5.74, 6) is -0.222. The molecule has 6 heteroatoms. The van der Waals surface area contributed by atoms with Gasteiger partial charge in [-0.05, 0) is 17.8 Å². The molecule has 21 heavy (non-hydrogen) atoms. The second kappa shape index (κ2) is 13.0. The predicted molar refractivity (Wildman–Crippen MR) is 83.2 cm³/mol. The molecule has 4 N–H and O–H groups in total. The van der Waals surface area contributed by atoms with Crippen LogP contribution in [0.5, 0.6) is 0 Å². The molecule has 0 rings (SSSR count). The highest BCUT2D eigenvalue weighted by Gasteiger charge is 2.20. The van der Waals surface area contributed by atoms with Crippen molar-refractivity contribution in [1.29, 1.82) is 0 Å². The van der Waals surface area contributed by atoms with Gasteiger partial charge in [0.05, 0.1) is 19.8 Å². The molecule has 0 aliphatic heterocycles. The number of carboxylic acid groups (broad SMARTS) is 1. The average molecular weight is 307 g/mol. The van der Waals surface area contributed by atoms with Crippen LogP contribution in [0.2, 0.25) is 0 Å². The maximum atomic E-state index is 10.2. The Hall–Kier alpha value is -0.690. The zero-order valence-electron chi connectivity index (χ0n) is 13.9. The van der Waals surface area contributed by atoms with Crippen LogP contribution in [0, 0.1) is 11.3 Å². The van der Waals surface area contributed by atoms with E-state index in [4.69, 9.17) is 20.4 Å². The molecule has 0 aliphatic rings. The quantitative estimate of drug-likeness (QED) is 0.502. The third kappa shape index (κ3) is 15.5. The van der Waals surface area contributed by atoms with Crippen LogP contribution in [0.3, 0.4) is 0 Å². The lowest BCUT2D eigenvalue weighted by molar-refractivity contribution is -0.137. The van der Waals surface area contributed by atoms with Gasteiger partial charge in [-0.3, -0.25) is 9.69 Å². The summed E-state index contributed by atoms with van der Waals surface area (Å²) in [6.07, 6.45) is 1.07. The molecule has 0 bridgehead atoms. The van der Waals surface area contributed by atoms with Gasteiger partial charge in [0.15, 0.2) is 0 Å². The highest BCUT2D eigenvalue weighted by Crippen LogP contribution is 2.28. The predicted octanol–water partition coefficient (Wildman–Crippen LogP) is 0.799. The Balaban J connectivity index is 0. The van der Waals surface area contributed by atoms with Crippen molar-refractivity contribution in [2.45, 2.75) is 40.5 Å². The summed E-state index contributed by atoms with van der Waals surface area (Å²) in [4.78, 5) is 12.0. The number of carbonyl (C=O) groups is 1. The van der Waals surface area contributed by atoms with Crippen molar-refractivity contribution in [1.82, 2.24) is 4.90 Å². The number of aliphatic hydroxyl groups is 3. The van der Waals surface area contributed by atoms with Crippen LogP contribution in [-0.2, 0) is 4.79 Å². The van der Waals surface area contributed by atoms with Crippen molar-refractivity contribution in [3.8, 4) is 0 Å². The maximum absolute atomic E-state index is 10.2. The lowest BCUT2D eigenvalue weighted by atomic mass is 9.79. The summed E-state index contributed by atoms with van der Waals surface area (Å²) < 4.78 is 0. The fraction of sp³-hybridized carbons (Fsp3) is 0.933. The standard InChI is InChI=1S/C9H18O2.C6H15NO3/c1-7(9(2,3)4)5-6-8(10)11;8-4-1-7(2-5-9)3-6-10/h7H,5-6H2,1-4H3,(H,10,11);8-10H,1-6H2. The molecule has 6 nitrogen and oxygen atoms in total. The molecule has 0 aromatic heterocycles. The number of hydrogen-bond donors (Lipinski definition) is 4. The largest absolute Gasteiger partial charge is 0.481 e. The Morgan fingerprint density at radius 1 is 1.00 bits per heavy atom. The van der Waals surface area contributed by atoms with Gasteiger partial charge in [0, 0.05) is 26.1 Å². The highest BCUT2D eigenvalue weighted by molar-refractivity contribution is 5.66. The average Bonchev–Trinajstić information content (AvgIpc) is 2.36. The molecule has 0 aliphatic carbocycles. The maximum Gasteiger partial charge on any atom is 0.303 e. The molecule has 0 amide bonds. The van der Waals surface area contributed by atoms with E-state index in [1.807, 2.05) is 0 Å². The van der Waals surface area contributed by atoms with E-state index in [2.05, 4.69) is 27.7 Å². The second-order valence-corrected chi connectivity index (χ2v) is 6.21. The Kier molecular flexibility index (Phi) is 14.0. The molecule has 128 valence electrons. The van der Waals surface area contributed by atoms with Crippen molar-refractivity contribution < 1.29 is 25.2 Å². The van der Waals surface area contributed by atoms with E-state index >= 15 is 0 Å². The smallest absolute Gasteiger partial charge is 0.303 e. The van der Waals surface area contributed by atoms with Crippen LogP contribution in [0.1, 0.15) is 40.5 Å². The Morgan fingerprint density at radius 3 is 1.62 bits per heavy atom. The normalized spacial score (nSPS) is 12.8. The van der Waals surface area contributed by atoms with Gasteiger partial charge in [-0.1, -0.05) is 27.7 Å². The first kappa shape index (κ1) is 22.6. The van der Waals surface area contributed by atoms with Gasteiger partial charge in [-0.15, -0.1) is 0 Å². The van der Waals surface area contributed by atoms with Crippen LogP contribution in [0.25, 0.3) is 0 Å². The molecular formula is C15H33NO5. The van der Waals surface area contributed by atoms with E-state index < -0.39 is 5.97 Å². The van der Waals surface area contributed by atoms with E-state index in [0.717, 1.165) is 6.42 Å². The SMILES string of the molecule is CC(CCC(=O)O)C(C)(C)C.OCCN(CCO)CCO. The number of aliphatic hydroxyl groups excluding tert-OH is 3.